The van der Waals surface area contributed by atoms with Gasteiger partial charge < -0.3 is 10.1 Å². The molecule has 0 aromatic heterocycles. The van der Waals surface area contributed by atoms with E-state index in [0.29, 0.717) is 12.5 Å². The zero-order valence-electron chi connectivity index (χ0n) is 9.71. The maximum Gasteiger partial charge on any atom is 0.0974 e. The third kappa shape index (κ3) is 5.95. The van der Waals surface area contributed by atoms with Crippen molar-refractivity contribution in [2.45, 2.75) is 46.3 Å². The Labute approximate surface area is 87.4 Å². The Morgan fingerprint density at radius 1 is 1.36 bits per heavy atom. The monoisotopic (exact) mass is 198 g/mol. The zero-order chi connectivity index (χ0) is 11.0. The fourth-order valence-corrected chi connectivity index (χ4v) is 1.02. The Morgan fingerprint density at radius 3 is 2.43 bits per heavy atom. The largest absolute Gasteiger partial charge is 0.378 e. The minimum absolute atomic E-state index is 0.0700. The van der Waals surface area contributed by atoms with Crippen molar-refractivity contribution in [3.05, 3.63) is 0 Å². The van der Waals surface area contributed by atoms with Gasteiger partial charge in [-0.15, -0.1) is 0 Å². The van der Waals surface area contributed by atoms with Crippen LogP contribution in [-0.4, -0.2) is 25.3 Å². The first kappa shape index (κ1) is 13.4. The Balaban J connectivity index is 3.57. The van der Waals surface area contributed by atoms with Crippen molar-refractivity contribution in [1.82, 2.24) is 5.32 Å². The molecule has 0 aromatic carbocycles. The molecular formula is C11H22N2O. The van der Waals surface area contributed by atoms with E-state index >= 15 is 0 Å². The highest BCUT2D eigenvalue weighted by Crippen LogP contribution is 2.05. The standard InChI is InChI=1S/C11H22N2O/c1-5-13-11(8-12)6-7-14-10(4)9(2)3/h9-11,13H,5-7H2,1-4H3. The third-order valence-electron chi connectivity index (χ3n) is 2.33. The lowest BCUT2D eigenvalue weighted by Crippen LogP contribution is -2.29. The van der Waals surface area contributed by atoms with Gasteiger partial charge in [0.15, 0.2) is 0 Å². The maximum atomic E-state index is 8.76. The van der Waals surface area contributed by atoms with Crippen LogP contribution in [0.15, 0.2) is 0 Å². The number of rotatable bonds is 7. The molecule has 0 saturated carbocycles. The van der Waals surface area contributed by atoms with E-state index in [0.717, 1.165) is 13.0 Å². The molecule has 14 heavy (non-hydrogen) atoms. The van der Waals surface area contributed by atoms with Crippen molar-refractivity contribution in [2.24, 2.45) is 5.92 Å². The van der Waals surface area contributed by atoms with E-state index in [1.165, 1.54) is 0 Å². The summed E-state index contributed by atoms with van der Waals surface area (Å²) >= 11 is 0. The summed E-state index contributed by atoms with van der Waals surface area (Å²) in [4.78, 5) is 0. The van der Waals surface area contributed by atoms with Crippen molar-refractivity contribution in [1.29, 1.82) is 5.26 Å². The van der Waals surface area contributed by atoms with Gasteiger partial charge in [-0.1, -0.05) is 20.8 Å². The first-order valence-electron chi connectivity index (χ1n) is 5.36. The van der Waals surface area contributed by atoms with E-state index < -0.39 is 0 Å². The van der Waals surface area contributed by atoms with Crippen molar-refractivity contribution in [3.8, 4) is 6.07 Å². The summed E-state index contributed by atoms with van der Waals surface area (Å²) in [5.74, 6) is 0.537. The molecule has 0 aliphatic carbocycles. The lowest BCUT2D eigenvalue weighted by molar-refractivity contribution is 0.0322. The number of nitriles is 1. The van der Waals surface area contributed by atoms with Crippen LogP contribution in [0.4, 0.5) is 0 Å². The van der Waals surface area contributed by atoms with Crippen LogP contribution in [0.3, 0.4) is 0 Å². The maximum absolute atomic E-state index is 8.76. The second kappa shape index (κ2) is 7.78. The Hall–Kier alpha value is -0.590. The van der Waals surface area contributed by atoms with Crippen LogP contribution >= 0.6 is 0 Å². The van der Waals surface area contributed by atoms with E-state index in [1.807, 2.05) is 6.92 Å². The van der Waals surface area contributed by atoms with Crippen LogP contribution in [0, 0.1) is 17.2 Å². The normalized spacial score (nSPS) is 15.1. The average molecular weight is 198 g/mol. The number of hydrogen-bond donors (Lipinski definition) is 1. The Kier molecular flexibility index (Phi) is 7.45. The molecule has 82 valence electrons. The fourth-order valence-electron chi connectivity index (χ4n) is 1.02. The van der Waals surface area contributed by atoms with Gasteiger partial charge in [-0.25, -0.2) is 0 Å². The molecule has 2 atom stereocenters. The average Bonchev–Trinajstić information content (AvgIpc) is 2.16. The Bertz CT molecular complexity index is 175. The minimum Gasteiger partial charge on any atom is -0.378 e. The highest BCUT2D eigenvalue weighted by molar-refractivity contribution is 4.88. The summed E-state index contributed by atoms with van der Waals surface area (Å²) in [6.07, 6.45) is 1.04. The molecule has 1 N–H and O–H groups in total. The van der Waals surface area contributed by atoms with Gasteiger partial charge >= 0.3 is 0 Å². The Morgan fingerprint density at radius 2 is 2.00 bits per heavy atom. The van der Waals surface area contributed by atoms with Gasteiger partial charge in [0.05, 0.1) is 18.2 Å². The topological polar surface area (TPSA) is 45.0 Å². The zero-order valence-corrected chi connectivity index (χ0v) is 9.71. The van der Waals surface area contributed by atoms with Gasteiger partial charge in [-0.2, -0.15) is 5.26 Å². The molecule has 0 radical (unpaired) electrons. The second-order valence-corrected chi connectivity index (χ2v) is 3.85. The highest BCUT2D eigenvalue weighted by atomic mass is 16.5. The van der Waals surface area contributed by atoms with Gasteiger partial charge in [0.1, 0.15) is 0 Å². The van der Waals surface area contributed by atoms with Gasteiger partial charge in [0.2, 0.25) is 0 Å². The van der Waals surface area contributed by atoms with Crippen molar-refractivity contribution >= 4 is 0 Å². The molecule has 0 saturated heterocycles. The second-order valence-electron chi connectivity index (χ2n) is 3.85. The molecule has 0 bridgehead atoms. The van der Waals surface area contributed by atoms with E-state index in [-0.39, 0.29) is 12.1 Å². The van der Waals surface area contributed by atoms with Crippen molar-refractivity contribution in [3.63, 3.8) is 0 Å². The van der Waals surface area contributed by atoms with E-state index in [9.17, 15) is 0 Å². The molecule has 2 unspecified atom stereocenters. The summed E-state index contributed by atoms with van der Waals surface area (Å²) in [6, 6.07) is 2.14. The lowest BCUT2D eigenvalue weighted by Gasteiger charge is -2.17. The summed E-state index contributed by atoms with van der Waals surface area (Å²) in [7, 11) is 0. The molecule has 3 heteroatoms. The number of ether oxygens (including phenoxy) is 1. The van der Waals surface area contributed by atoms with E-state index in [4.69, 9.17) is 10.00 Å². The van der Waals surface area contributed by atoms with Gasteiger partial charge in [0.25, 0.3) is 0 Å². The van der Waals surface area contributed by atoms with E-state index in [2.05, 4.69) is 32.2 Å². The van der Waals surface area contributed by atoms with Gasteiger partial charge in [-0.3, -0.25) is 0 Å². The van der Waals surface area contributed by atoms with Crippen LogP contribution in [-0.2, 0) is 4.74 Å². The lowest BCUT2D eigenvalue weighted by atomic mass is 10.1. The summed E-state index contributed by atoms with van der Waals surface area (Å²) in [5.41, 5.74) is 0. The van der Waals surface area contributed by atoms with Gasteiger partial charge in [0, 0.05) is 6.61 Å². The van der Waals surface area contributed by atoms with Crippen LogP contribution < -0.4 is 5.32 Å². The molecule has 0 rings (SSSR count). The third-order valence-corrected chi connectivity index (χ3v) is 2.33. The first-order valence-corrected chi connectivity index (χ1v) is 5.36. The van der Waals surface area contributed by atoms with Crippen molar-refractivity contribution in [2.75, 3.05) is 13.2 Å². The van der Waals surface area contributed by atoms with E-state index in [1.54, 1.807) is 0 Å². The van der Waals surface area contributed by atoms with Crippen LogP contribution in [0.5, 0.6) is 0 Å². The molecule has 0 aliphatic heterocycles. The quantitative estimate of drug-likeness (QED) is 0.680. The number of nitrogens with one attached hydrogen (secondary N) is 1. The smallest absolute Gasteiger partial charge is 0.0974 e. The predicted octanol–water partition coefficient (Wildman–Crippen LogP) is 1.94. The number of nitrogens with zero attached hydrogens (tertiary/aromatic N) is 1. The molecule has 0 fully saturated rings. The molecule has 0 heterocycles. The molecule has 0 aromatic rings. The van der Waals surface area contributed by atoms with Crippen LogP contribution in [0.25, 0.3) is 0 Å². The fraction of sp³-hybridized carbons (Fsp3) is 0.909. The molecule has 0 spiro atoms. The predicted molar refractivity (Wildman–Crippen MR) is 57.9 cm³/mol. The SMILES string of the molecule is CCNC(C#N)CCOC(C)C(C)C. The molecule has 0 aliphatic rings. The van der Waals surface area contributed by atoms with Gasteiger partial charge in [-0.05, 0) is 25.8 Å². The summed E-state index contributed by atoms with van der Waals surface area (Å²) in [6.45, 7) is 9.83. The highest BCUT2D eigenvalue weighted by Gasteiger charge is 2.09. The summed E-state index contributed by atoms with van der Waals surface area (Å²) < 4.78 is 5.59. The first-order chi connectivity index (χ1) is 6.61. The summed E-state index contributed by atoms with van der Waals surface area (Å²) in [5, 5.41) is 11.9. The molecular weight excluding hydrogens is 176 g/mol. The molecule has 0 amide bonds. The van der Waals surface area contributed by atoms with Crippen LogP contribution in [0.1, 0.15) is 34.1 Å². The molecule has 3 nitrogen and oxygen atoms in total. The minimum atomic E-state index is -0.0700. The van der Waals surface area contributed by atoms with Crippen LogP contribution in [0.2, 0.25) is 0 Å². The number of hydrogen-bond acceptors (Lipinski definition) is 3. The van der Waals surface area contributed by atoms with Crippen molar-refractivity contribution < 1.29 is 4.74 Å².